The van der Waals surface area contributed by atoms with E-state index in [0.717, 1.165) is 74.3 Å². The molecular weight excluding hydrogens is 590 g/mol. The van der Waals surface area contributed by atoms with Crippen molar-refractivity contribution in [1.29, 1.82) is 0 Å². The highest BCUT2D eigenvalue weighted by atomic mass is 16.7. The van der Waals surface area contributed by atoms with E-state index in [1.165, 1.54) is 14.2 Å². The van der Waals surface area contributed by atoms with E-state index in [2.05, 4.69) is 28.8 Å². The van der Waals surface area contributed by atoms with Crippen LogP contribution in [0, 0.1) is 17.8 Å². The van der Waals surface area contributed by atoms with Crippen LogP contribution < -0.4 is 9.47 Å². The number of ether oxygens (including phenoxy) is 4. The summed E-state index contributed by atoms with van der Waals surface area (Å²) in [6.07, 6.45) is 8.78. The van der Waals surface area contributed by atoms with Crippen molar-refractivity contribution in [2.24, 2.45) is 22.9 Å². The lowest BCUT2D eigenvalue weighted by molar-refractivity contribution is -0.253. The third-order valence-electron chi connectivity index (χ3n) is 9.99. The molecule has 1 saturated heterocycles. The van der Waals surface area contributed by atoms with Gasteiger partial charge < -0.3 is 38.9 Å². The molecule has 6 unspecified atom stereocenters. The molecule has 11 nitrogen and oxygen atoms in total. The fourth-order valence-electron chi connectivity index (χ4n) is 7.79. The summed E-state index contributed by atoms with van der Waals surface area (Å²) in [5.41, 5.74) is 2.78. The molecule has 11 heteroatoms. The molecule has 0 aromatic heterocycles. The predicted octanol–water partition coefficient (Wildman–Crippen LogP) is 4.34. The van der Waals surface area contributed by atoms with Crippen molar-refractivity contribution in [2.45, 2.75) is 62.7 Å². The van der Waals surface area contributed by atoms with E-state index in [9.17, 15) is 15.0 Å². The van der Waals surface area contributed by atoms with Crippen LogP contribution in [-0.2, 0) is 14.3 Å². The van der Waals surface area contributed by atoms with Crippen molar-refractivity contribution in [2.75, 3.05) is 67.3 Å². The van der Waals surface area contributed by atoms with Crippen LogP contribution in [0.4, 0.5) is 4.79 Å². The van der Waals surface area contributed by atoms with Crippen LogP contribution in [0.15, 0.2) is 47.7 Å². The van der Waals surface area contributed by atoms with E-state index in [4.69, 9.17) is 23.8 Å². The third-order valence-corrected chi connectivity index (χ3v) is 9.99. The largest absolute Gasteiger partial charge is 0.492 e. The van der Waals surface area contributed by atoms with Gasteiger partial charge in [0.05, 0.1) is 25.3 Å². The number of fused-ring (bicyclic) bond motifs is 2. The first kappa shape index (κ1) is 34.2. The van der Waals surface area contributed by atoms with Gasteiger partial charge in [0.2, 0.25) is 5.79 Å². The number of methoxy groups -OCH3 is 1. The van der Waals surface area contributed by atoms with Crippen LogP contribution in [-0.4, -0.2) is 111 Å². The summed E-state index contributed by atoms with van der Waals surface area (Å²) >= 11 is 0. The van der Waals surface area contributed by atoms with Gasteiger partial charge in [-0.25, -0.2) is 4.79 Å². The zero-order valence-corrected chi connectivity index (χ0v) is 27.6. The Morgan fingerprint density at radius 2 is 1.93 bits per heavy atom. The number of amides is 1. The second-order valence-electron chi connectivity index (χ2n) is 12.7. The quantitative estimate of drug-likeness (QED) is 0.111. The number of aliphatic hydroxyl groups is 2. The normalized spacial score (nSPS) is 28.8. The summed E-state index contributed by atoms with van der Waals surface area (Å²) in [7, 11) is 4.60. The molecule has 0 bridgehead atoms. The Morgan fingerprint density at radius 1 is 1.17 bits per heavy atom. The highest BCUT2D eigenvalue weighted by Gasteiger charge is 2.65. The topological polar surface area (TPSA) is 122 Å². The van der Waals surface area contributed by atoms with E-state index >= 15 is 0 Å². The maximum Gasteiger partial charge on any atom is 0.409 e. The van der Waals surface area contributed by atoms with Crippen LogP contribution in [0.2, 0.25) is 0 Å². The summed E-state index contributed by atoms with van der Waals surface area (Å²) in [6.45, 7) is 8.15. The second kappa shape index (κ2) is 15.6. The molecule has 0 spiro atoms. The van der Waals surface area contributed by atoms with Crippen molar-refractivity contribution in [1.82, 2.24) is 9.80 Å². The monoisotopic (exact) mass is 641 g/mol. The van der Waals surface area contributed by atoms with Crippen molar-refractivity contribution in [3.63, 3.8) is 0 Å². The molecule has 4 aliphatic rings. The number of carbonyl (C=O) groups is 1. The minimum atomic E-state index is -1.28. The molecule has 2 heterocycles. The van der Waals surface area contributed by atoms with Gasteiger partial charge in [0, 0.05) is 57.8 Å². The molecule has 1 aromatic rings. The molecule has 2 aliphatic carbocycles. The molecular formula is C35H51N3O8. The Bertz CT molecular complexity index is 1270. The molecule has 1 aromatic carbocycles. The Morgan fingerprint density at radius 3 is 2.61 bits per heavy atom. The Kier molecular flexibility index (Phi) is 11.6. The van der Waals surface area contributed by atoms with Crippen LogP contribution in [0.5, 0.6) is 11.5 Å². The summed E-state index contributed by atoms with van der Waals surface area (Å²) < 4.78 is 25.3. The maximum absolute atomic E-state index is 13.1. The molecule has 1 saturated carbocycles. The molecule has 2 fully saturated rings. The van der Waals surface area contributed by atoms with E-state index in [-0.39, 0.29) is 43.5 Å². The Labute approximate surface area is 272 Å². The van der Waals surface area contributed by atoms with Crippen molar-refractivity contribution in [3.05, 3.63) is 48.1 Å². The summed E-state index contributed by atoms with van der Waals surface area (Å²) in [4.78, 5) is 22.4. The number of likely N-dealkylation sites (N-methyl/N-ethyl adjacent to an activating group) is 1. The van der Waals surface area contributed by atoms with Gasteiger partial charge >= 0.3 is 6.09 Å². The highest BCUT2D eigenvalue weighted by molar-refractivity contribution is 6.02. The van der Waals surface area contributed by atoms with Crippen LogP contribution in [0.25, 0.3) is 0 Å². The number of nitrogens with zero attached hydrogens (tertiary/aromatic N) is 3. The summed E-state index contributed by atoms with van der Waals surface area (Å²) in [5.74, 6) is 0.108. The minimum Gasteiger partial charge on any atom is -0.492 e. The summed E-state index contributed by atoms with van der Waals surface area (Å²) in [6, 6.07) is 5.43. The van der Waals surface area contributed by atoms with Crippen LogP contribution >= 0.6 is 0 Å². The first-order valence-corrected chi connectivity index (χ1v) is 16.7. The average Bonchev–Trinajstić information content (AvgIpc) is 3.90. The molecule has 2 N–H and O–H groups in total. The number of allylic oxidation sites excluding steroid dienone is 1. The molecule has 1 amide bonds. The fourth-order valence-corrected chi connectivity index (χ4v) is 7.79. The maximum atomic E-state index is 13.1. The van der Waals surface area contributed by atoms with E-state index in [1.807, 2.05) is 12.1 Å². The first-order chi connectivity index (χ1) is 22.4. The number of unbranched alkanes of at least 4 members (excludes halogenated alkanes) is 2. The van der Waals surface area contributed by atoms with E-state index in [0.29, 0.717) is 25.2 Å². The van der Waals surface area contributed by atoms with Crippen LogP contribution in [0.3, 0.4) is 0 Å². The van der Waals surface area contributed by atoms with Gasteiger partial charge in [-0.3, -0.25) is 4.90 Å². The van der Waals surface area contributed by atoms with Crippen LogP contribution in [0.1, 0.15) is 56.4 Å². The lowest BCUT2D eigenvalue weighted by Crippen LogP contribution is -2.69. The van der Waals surface area contributed by atoms with Gasteiger partial charge in [-0.1, -0.05) is 30.1 Å². The second-order valence-corrected chi connectivity index (χ2v) is 12.7. The van der Waals surface area contributed by atoms with Gasteiger partial charge in [0.1, 0.15) is 31.3 Å². The van der Waals surface area contributed by atoms with Gasteiger partial charge in [0.15, 0.2) is 0 Å². The number of oxime groups is 1. The molecule has 5 rings (SSSR count). The standard InChI is InChI=1S/C35H51N3O8/c1-5-19-45-35-31(37(2)34(41)42-3)23-29(36-43-4)27-21-24(10-6-8-17-39)26(11-7-9-18-40)32(33(27)35)28-22-25(12-13-30(28)46-35)44-20-16-38-14-15-38/h5,12-13,21-22,24,26,31-33,39-40H,1,6-11,14-20,23H2,2-4H3. The lowest BCUT2D eigenvalue weighted by Gasteiger charge is -2.59. The zero-order valence-electron chi connectivity index (χ0n) is 27.6. The van der Waals surface area contributed by atoms with Gasteiger partial charge in [-0.05, 0) is 61.3 Å². The molecule has 6 atom stereocenters. The average molecular weight is 642 g/mol. The fraction of sp³-hybridized carbons (Fsp3) is 0.657. The SMILES string of the molecule is C=CCOC12Oc3ccc(OCCN4CC4)cc3C3C(CCCCO)C(CCCCO)C=C(C(=NOC)CC1N(C)C(=O)OC)C32. The van der Waals surface area contributed by atoms with E-state index in [1.54, 1.807) is 18.0 Å². The molecule has 2 aliphatic heterocycles. The molecule has 254 valence electrons. The minimum absolute atomic E-state index is 0.0852. The number of hydrogen-bond acceptors (Lipinski definition) is 10. The zero-order chi connectivity index (χ0) is 32.7. The van der Waals surface area contributed by atoms with Crippen molar-refractivity contribution < 1.29 is 38.8 Å². The van der Waals surface area contributed by atoms with Gasteiger partial charge in [-0.2, -0.15) is 0 Å². The molecule has 0 radical (unpaired) electrons. The predicted molar refractivity (Wildman–Crippen MR) is 174 cm³/mol. The Balaban J connectivity index is 1.69. The van der Waals surface area contributed by atoms with E-state index < -0.39 is 17.9 Å². The number of hydrogen-bond donors (Lipinski definition) is 2. The van der Waals surface area contributed by atoms with Crippen molar-refractivity contribution >= 4 is 11.8 Å². The first-order valence-electron chi connectivity index (χ1n) is 16.7. The van der Waals surface area contributed by atoms with Crippen molar-refractivity contribution in [3.8, 4) is 11.5 Å². The number of benzene rings is 1. The Hall–Kier alpha value is -3.12. The smallest absolute Gasteiger partial charge is 0.409 e. The van der Waals surface area contributed by atoms with Gasteiger partial charge in [-0.15, -0.1) is 6.58 Å². The number of carbonyl (C=O) groups excluding carboxylic acids is 1. The number of aliphatic hydroxyl groups excluding tert-OH is 2. The summed E-state index contributed by atoms with van der Waals surface area (Å²) in [5, 5.41) is 23.9. The lowest BCUT2D eigenvalue weighted by atomic mass is 9.55. The number of rotatable bonds is 17. The van der Waals surface area contributed by atoms with Gasteiger partial charge in [0.25, 0.3) is 0 Å². The molecule has 46 heavy (non-hydrogen) atoms. The third kappa shape index (κ3) is 7.07. The highest BCUT2D eigenvalue weighted by Crippen LogP contribution is 2.61.